The maximum atomic E-state index is 12.7. The summed E-state index contributed by atoms with van der Waals surface area (Å²) in [6.45, 7) is 2.57. The average molecular weight is 393 g/mol. The highest BCUT2D eigenvalue weighted by Crippen LogP contribution is 2.17. The maximum Gasteiger partial charge on any atom is 0.322 e. The second kappa shape index (κ2) is 8.88. The Morgan fingerprint density at radius 2 is 2.19 bits per heavy atom. The van der Waals surface area contributed by atoms with Crippen LogP contribution in [0.5, 0.6) is 0 Å². The molecule has 1 saturated heterocycles. The van der Waals surface area contributed by atoms with Crippen LogP contribution in [0.2, 0.25) is 5.02 Å². The van der Waals surface area contributed by atoms with E-state index in [1.165, 1.54) is 4.90 Å². The minimum absolute atomic E-state index is 0.0859. The van der Waals surface area contributed by atoms with Gasteiger partial charge in [-0.2, -0.15) is 0 Å². The van der Waals surface area contributed by atoms with Crippen molar-refractivity contribution in [1.29, 1.82) is 0 Å². The first kappa shape index (κ1) is 19.2. The first-order valence-electron chi connectivity index (χ1n) is 8.66. The zero-order valence-corrected chi connectivity index (χ0v) is 15.7. The third kappa shape index (κ3) is 5.70. The largest absolute Gasteiger partial charge is 0.376 e. The van der Waals surface area contributed by atoms with Crippen LogP contribution in [0.1, 0.15) is 18.6 Å². The molecule has 0 aliphatic carbocycles. The van der Waals surface area contributed by atoms with Gasteiger partial charge in [0.1, 0.15) is 12.3 Å². The van der Waals surface area contributed by atoms with Gasteiger partial charge < -0.3 is 24.8 Å². The van der Waals surface area contributed by atoms with Crippen LogP contribution in [0.25, 0.3) is 0 Å². The quantitative estimate of drug-likeness (QED) is 0.786. The van der Waals surface area contributed by atoms with Gasteiger partial charge in [-0.15, -0.1) is 0 Å². The van der Waals surface area contributed by atoms with Crippen LogP contribution in [0, 0.1) is 6.92 Å². The Morgan fingerprint density at radius 1 is 1.33 bits per heavy atom. The number of hydrogen-bond acceptors (Lipinski definition) is 5. The number of rotatable bonds is 6. The molecule has 3 rings (SSSR count). The lowest BCUT2D eigenvalue weighted by atomic mass is 10.2. The van der Waals surface area contributed by atoms with Crippen molar-refractivity contribution in [2.45, 2.75) is 25.9 Å². The predicted octanol–water partition coefficient (Wildman–Crippen LogP) is 3.29. The van der Waals surface area contributed by atoms with Crippen molar-refractivity contribution >= 4 is 35.0 Å². The molecule has 0 radical (unpaired) electrons. The number of nitrogens with zero attached hydrogens (tertiary/aromatic N) is 2. The van der Waals surface area contributed by atoms with Crippen molar-refractivity contribution in [2.75, 3.05) is 30.3 Å². The molecule has 0 spiro atoms. The molecule has 9 heteroatoms. The van der Waals surface area contributed by atoms with Gasteiger partial charge in [0.05, 0.1) is 6.10 Å². The Balaban J connectivity index is 1.65. The molecule has 1 aromatic heterocycles. The Morgan fingerprint density at radius 3 is 2.85 bits per heavy atom. The van der Waals surface area contributed by atoms with Gasteiger partial charge in [-0.25, -0.2) is 4.79 Å². The molecule has 144 valence electrons. The summed E-state index contributed by atoms with van der Waals surface area (Å²) in [6, 6.07) is 8.03. The molecule has 2 aromatic rings. The van der Waals surface area contributed by atoms with Crippen molar-refractivity contribution < 1.29 is 18.8 Å². The van der Waals surface area contributed by atoms with E-state index in [9.17, 15) is 9.59 Å². The van der Waals surface area contributed by atoms with E-state index in [0.29, 0.717) is 35.4 Å². The monoisotopic (exact) mass is 392 g/mol. The predicted molar refractivity (Wildman–Crippen MR) is 101 cm³/mol. The lowest BCUT2D eigenvalue weighted by Crippen LogP contribution is -2.44. The Labute approximate surface area is 161 Å². The summed E-state index contributed by atoms with van der Waals surface area (Å²) in [5.74, 6) is 0.521. The zero-order chi connectivity index (χ0) is 19.2. The zero-order valence-electron chi connectivity index (χ0n) is 14.9. The number of nitrogens with one attached hydrogen (secondary N) is 2. The molecule has 8 nitrogen and oxygen atoms in total. The van der Waals surface area contributed by atoms with Gasteiger partial charge in [-0.3, -0.25) is 4.79 Å². The lowest BCUT2D eigenvalue weighted by Gasteiger charge is -2.25. The highest BCUT2D eigenvalue weighted by molar-refractivity contribution is 6.30. The van der Waals surface area contributed by atoms with E-state index in [1.807, 2.05) is 0 Å². The summed E-state index contributed by atoms with van der Waals surface area (Å²) in [4.78, 5) is 26.5. The van der Waals surface area contributed by atoms with Gasteiger partial charge in [0.25, 0.3) is 0 Å². The number of benzene rings is 1. The molecular formula is C18H21ClN4O4. The van der Waals surface area contributed by atoms with Crippen molar-refractivity contribution in [3.05, 3.63) is 41.1 Å². The molecular weight excluding hydrogens is 372 g/mol. The van der Waals surface area contributed by atoms with Crippen LogP contribution >= 0.6 is 11.6 Å². The van der Waals surface area contributed by atoms with Crippen LogP contribution in [-0.2, 0) is 9.53 Å². The lowest BCUT2D eigenvalue weighted by molar-refractivity contribution is -0.117. The molecule has 27 heavy (non-hydrogen) atoms. The average Bonchev–Trinajstić information content (AvgIpc) is 3.26. The summed E-state index contributed by atoms with van der Waals surface area (Å²) in [5, 5.41) is 9.62. The van der Waals surface area contributed by atoms with Gasteiger partial charge in [0, 0.05) is 29.9 Å². The van der Waals surface area contributed by atoms with Crippen LogP contribution in [0.4, 0.5) is 16.3 Å². The number of carbonyl (C=O) groups is 2. The fourth-order valence-electron chi connectivity index (χ4n) is 2.80. The number of halogens is 1. The third-order valence-electron chi connectivity index (χ3n) is 4.04. The van der Waals surface area contributed by atoms with E-state index in [2.05, 4.69) is 15.8 Å². The van der Waals surface area contributed by atoms with E-state index in [4.69, 9.17) is 20.9 Å². The van der Waals surface area contributed by atoms with E-state index in [0.717, 1.165) is 12.8 Å². The van der Waals surface area contributed by atoms with Crippen molar-refractivity contribution in [1.82, 2.24) is 10.1 Å². The smallest absolute Gasteiger partial charge is 0.322 e. The van der Waals surface area contributed by atoms with Crippen molar-refractivity contribution in [2.24, 2.45) is 0 Å². The van der Waals surface area contributed by atoms with Crippen LogP contribution in [0.3, 0.4) is 0 Å². The summed E-state index contributed by atoms with van der Waals surface area (Å²) in [6.07, 6.45) is 1.71. The molecule has 1 unspecified atom stereocenters. The number of ether oxygens (including phenoxy) is 1. The van der Waals surface area contributed by atoms with E-state index >= 15 is 0 Å². The fraction of sp³-hybridized carbons (Fsp3) is 0.389. The number of amides is 3. The molecule has 1 fully saturated rings. The van der Waals surface area contributed by atoms with Crippen LogP contribution in [-0.4, -0.2) is 47.8 Å². The molecule has 1 aromatic carbocycles. The van der Waals surface area contributed by atoms with E-state index in [1.54, 1.807) is 37.3 Å². The maximum absolute atomic E-state index is 12.7. The third-order valence-corrected chi connectivity index (χ3v) is 4.28. The molecule has 1 aliphatic heterocycles. The van der Waals surface area contributed by atoms with Crippen molar-refractivity contribution in [3.8, 4) is 0 Å². The first-order valence-corrected chi connectivity index (χ1v) is 9.03. The van der Waals surface area contributed by atoms with Crippen LogP contribution < -0.4 is 10.6 Å². The SMILES string of the molecule is Cc1cc(NC(=O)CN(CC2CCCO2)C(=O)Nc2cccc(Cl)c2)no1. The topological polar surface area (TPSA) is 96.7 Å². The first-order chi connectivity index (χ1) is 13.0. The number of carbonyl (C=O) groups excluding carboxylic acids is 2. The molecule has 3 amide bonds. The summed E-state index contributed by atoms with van der Waals surface area (Å²) < 4.78 is 10.5. The number of hydrogen-bond donors (Lipinski definition) is 2. The summed E-state index contributed by atoms with van der Waals surface area (Å²) in [7, 11) is 0. The fourth-order valence-corrected chi connectivity index (χ4v) is 2.99. The molecule has 2 N–H and O–H groups in total. The van der Waals surface area contributed by atoms with E-state index < -0.39 is 6.03 Å². The molecule has 0 bridgehead atoms. The molecule has 1 atom stereocenters. The van der Waals surface area contributed by atoms with Gasteiger partial charge in [-0.05, 0) is 38.0 Å². The minimum atomic E-state index is -0.403. The Bertz CT molecular complexity index is 804. The number of aromatic nitrogens is 1. The summed E-state index contributed by atoms with van der Waals surface area (Å²) >= 11 is 5.96. The van der Waals surface area contributed by atoms with Gasteiger partial charge in [0.15, 0.2) is 5.82 Å². The second-order valence-electron chi connectivity index (χ2n) is 6.33. The molecule has 2 heterocycles. The Hall–Kier alpha value is -2.58. The minimum Gasteiger partial charge on any atom is -0.376 e. The molecule has 1 aliphatic rings. The van der Waals surface area contributed by atoms with Gasteiger partial charge >= 0.3 is 6.03 Å². The molecule has 0 saturated carbocycles. The second-order valence-corrected chi connectivity index (χ2v) is 6.76. The van der Waals surface area contributed by atoms with Crippen LogP contribution in [0.15, 0.2) is 34.9 Å². The highest BCUT2D eigenvalue weighted by Gasteiger charge is 2.25. The van der Waals surface area contributed by atoms with Gasteiger partial charge in [0.2, 0.25) is 5.91 Å². The highest BCUT2D eigenvalue weighted by atomic mass is 35.5. The van der Waals surface area contributed by atoms with E-state index in [-0.39, 0.29) is 18.6 Å². The number of anilines is 2. The van der Waals surface area contributed by atoms with Gasteiger partial charge in [-0.1, -0.05) is 22.8 Å². The Kier molecular flexibility index (Phi) is 6.31. The standard InChI is InChI=1S/C18H21ClN4O4/c1-12-8-16(22-27-12)21-17(24)11-23(10-15-6-3-7-26-15)18(25)20-14-5-2-4-13(19)9-14/h2,4-5,8-9,15H,3,6-7,10-11H2,1H3,(H,20,25)(H,21,22,24). The normalized spacial score (nSPS) is 16.1. The summed E-state index contributed by atoms with van der Waals surface area (Å²) in [5.41, 5.74) is 0.553. The number of urea groups is 1. The number of aryl methyl sites for hydroxylation is 1. The van der Waals surface area contributed by atoms with Crippen molar-refractivity contribution in [3.63, 3.8) is 0 Å².